The highest BCUT2D eigenvalue weighted by Gasteiger charge is 2.10. The van der Waals surface area contributed by atoms with Gasteiger partial charge in [-0.3, -0.25) is 9.69 Å². The van der Waals surface area contributed by atoms with Crippen molar-refractivity contribution in [2.45, 2.75) is 6.92 Å². The van der Waals surface area contributed by atoms with Gasteiger partial charge in [0.25, 0.3) is 0 Å². The number of ether oxygens (including phenoxy) is 2. The van der Waals surface area contributed by atoms with Gasteiger partial charge in [0.15, 0.2) is 0 Å². The summed E-state index contributed by atoms with van der Waals surface area (Å²) in [6.07, 6.45) is 0. The normalized spacial score (nSPS) is 15.1. The van der Waals surface area contributed by atoms with E-state index in [1.54, 1.807) is 24.3 Å². The third-order valence-electron chi connectivity index (χ3n) is 3.17. The van der Waals surface area contributed by atoms with Crippen molar-refractivity contribution < 1.29 is 19.1 Å². The maximum Gasteiger partial charge on any atom is 0.319 e. The predicted octanol–water partition coefficient (Wildman–Crippen LogP) is 1.07. The predicted molar refractivity (Wildman–Crippen MR) is 82.0 cm³/mol. The summed E-state index contributed by atoms with van der Waals surface area (Å²) in [6.45, 7) is 5.98. The second kappa shape index (κ2) is 8.35. The molecule has 120 valence electrons. The fraction of sp³-hybridized carbons (Fsp3) is 0.467. The Morgan fingerprint density at radius 1 is 1.32 bits per heavy atom. The van der Waals surface area contributed by atoms with E-state index in [-0.39, 0.29) is 6.03 Å². The van der Waals surface area contributed by atoms with Crippen LogP contribution in [0.25, 0.3) is 0 Å². The zero-order valence-electron chi connectivity index (χ0n) is 12.6. The van der Waals surface area contributed by atoms with Crippen molar-refractivity contribution in [3.05, 3.63) is 24.3 Å². The zero-order valence-corrected chi connectivity index (χ0v) is 12.6. The minimum atomic E-state index is -0.396. The first-order valence-electron chi connectivity index (χ1n) is 7.27. The van der Waals surface area contributed by atoms with E-state index in [9.17, 15) is 9.59 Å². The summed E-state index contributed by atoms with van der Waals surface area (Å²) in [7, 11) is 0. The quantitative estimate of drug-likeness (QED) is 0.628. The van der Waals surface area contributed by atoms with Crippen molar-refractivity contribution >= 4 is 17.7 Å². The van der Waals surface area contributed by atoms with Crippen LogP contribution in [-0.2, 0) is 9.53 Å². The standard InChI is InChI=1S/C15H21N3O4/c1-12(19)22-14-4-2-3-13(11-14)17-15(20)16-5-6-18-7-9-21-10-8-18/h2-4,11H,5-10H2,1H3,(H2,16,17,20). The number of urea groups is 1. The molecule has 0 spiro atoms. The van der Waals surface area contributed by atoms with Crippen LogP contribution in [0, 0.1) is 0 Å². The average Bonchev–Trinajstić information content (AvgIpc) is 2.48. The van der Waals surface area contributed by atoms with Crippen LogP contribution in [0.5, 0.6) is 5.75 Å². The van der Waals surface area contributed by atoms with Crippen LogP contribution in [0.4, 0.5) is 10.5 Å². The molecule has 0 aliphatic carbocycles. The van der Waals surface area contributed by atoms with Gasteiger partial charge in [-0.05, 0) is 12.1 Å². The van der Waals surface area contributed by atoms with E-state index in [1.165, 1.54) is 6.92 Å². The van der Waals surface area contributed by atoms with Crippen LogP contribution in [0.15, 0.2) is 24.3 Å². The molecule has 2 rings (SSSR count). The molecule has 7 heteroatoms. The van der Waals surface area contributed by atoms with Crippen LogP contribution in [0.1, 0.15) is 6.92 Å². The third-order valence-corrected chi connectivity index (χ3v) is 3.17. The van der Waals surface area contributed by atoms with Gasteiger partial charge in [-0.15, -0.1) is 0 Å². The molecule has 1 heterocycles. The van der Waals surface area contributed by atoms with E-state index >= 15 is 0 Å². The molecule has 1 aliphatic rings. The van der Waals surface area contributed by atoms with E-state index in [2.05, 4.69) is 15.5 Å². The van der Waals surface area contributed by atoms with E-state index < -0.39 is 5.97 Å². The number of carbonyl (C=O) groups is 2. The highest BCUT2D eigenvalue weighted by molar-refractivity contribution is 5.89. The highest BCUT2D eigenvalue weighted by atomic mass is 16.5. The van der Waals surface area contributed by atoms with E-state index in [0.29, 0.717) is 18.0 Å². The van der Waals surface area contributed by atoms with Gasteiger partial charge < -0.3 is 20.1 Å². The Hall–Kier alpha value is -2.12. The van der Waals surface area contributed by atoms with Gasteiger partial charge in [-0.25, -0.2) is 4.79 Å². The molecule has 0 bridgehead atoms. The Bertz CT molecular complexity index is 515. The van der Waals surface area contributed by atoms with Crippen molar-refractivity contribution in [3.8, 4) is 5.75 Å². The van der Waals surface area contributed by atoms with Crippen LogP contribution in [0.2, 0.25) is 0 Å². The largest absolute Gasteiger partial charge is 0.427 e. The van der Waals surface area contributed by atoms with Crippen molar-refractivity contribution in [1.82, 2.24) is 10.2 Å². The maximum atomic E-state index is 11.8. The highest BCUT2D eigenvalue weighted by Crippen LogP contribution is 2.17. The van der Waals surface area contributed by atoms with Crippen LogP contribution < -0.4 is 15.4 Å². The van der Waals surface area contributed by atoms with Crippen LogP contribution in [0.3, 0.4) is 0 Å². The number of hydrogen-bond donors (Lipinski definition) is 2. The lowest BCUT2D eigenvalue weighted by atomic mass is 10.3. The molecule has 0 radical (unpaired) electrons. The van der Waals surface area contributed by atoms with Gasteiger partial charge in [0, 0.05) is 44.9 Å². The summed E-state index contributed by atoms with van der Waals surface area (Å²) in [5, 5.41) is 5.51. The second-order valence-corrected chi connectivity index (χ2v) is 4.96. The van der Waals surface area contributed by atoms with Gasteiger partial charge >= 0.3 is 12.0 Å². The summed E-state index contributed by atoms with van der Waals surface area (Å²) in [5.74, 6) is 0.00530. The molecule has 1 aliphatic heterocycles. The van der Waals surface area contributed by atoms with Crippen molar-refractivity contribution in [2.24, 2.45) is 0 Å². The maximum absolute atomic E-state index is 11.8. The van der Waals surface area contributed by atoms with Gasteiger partial charge in [-0.2, -0.15) is 0 Å². The van der Waals surface area contributed by atoms with Crippen LogP contribution in [-0.4, -0.2) is 56.3 Å². The topological polar surface area (TPSA) is 79.9 Å². The van der Waals surface area contributed by atoms with Crippen molar-refractivity contribution in [1.29, 1.82) is 0 Å². The lowest BCUT2D eigenvalue weighted by Crippen LogP contribution is -2.42. The smallest absolute Gasteiger partial charge is 0.319 e. The summed E-state index contributed by atoms with van der Waals surface area (Å²) < 4.78 is 10.2. The molecule has 7 nitrogen and oxygen atoms in total. The monoisotopic (exact) mass is 307 g/mol. The summed E-state index contributed by atoms with van der Waals surface area (Å²) in [5.41, 5.74) is 0.572. The van der Waals surface area contributed by atoms with E-state index in [4.69, 9.17) is 9.47 Å². The Morgan fingerprint density at radius 2 is 2.09 bits per heavy atom. The number of rotatable bonds is 5. The van der Waals surface area contributed by atoms with Crippen molar-refractivity contribution in [2.75, 3.05) is 44.7 Å². The van der Waals surface area contributed by atoms with Crippen molar-refractivity contribution in [3.63, 3.8) is 0 Å². The fourth-order valence-corrected chi connectivity index (χ4v) is 2.13. The molecule has 0 saturated carbocycles. The molecular formula is C15H21N3O4. The Labute approximate surface area is 129 Å². The molecule has 1 fully saturated rings. The van der Waals surface area contributed by atoms with Gasteiger partial charge in [0.05, 0.1) is 13.2 Å². The first kappa shape index (κ1) is 16.3. The Balaban J connectivity index is 1.73. The van der Waals surface area contributed by atoms with Crippen LogP contribution >= 0.6 is 0 Å². The minimum Gasteiger partial charge on any atom is -0.427 e. The number of anilines is 1. The summed E-state index contributed by atoms with van der Waals surface area (Å²) >= 11 is 0. The SMILES string of the molecule is CC(=O)Oc1cccc(NC(=O)NCCN2CCOCC2)c1. The first-order valence-corrected chi connectivity index (χ1v) is 7.27. The lowest BCUT2D eigenvalue weighted by Gasteiger charge is -2.26. The van der Waals surface area contributed by atoms with E-state index in [0.717, 1.165) is 32.8 Å². The molecule has 0 atom stereocenters. The molecule has 2 N–H and O–H groups in total. The third kappa shape index (κ3) is 5.71. The number of carbonyl (C=O) groups excluding carboxylic acids is 2. The van der Waals surface area contributed by atoms with Gasteiger partial charge in [-0.1, -0.05) is 6.07 Å². The second-order valence-electron chi connectivity index (χ2n) is 4.96. The fourth-order valence-electron chi connectivity index (χ4n) is 2.13. The molecule has 1 aromatic rings. The summed E-state index contributed by atoms with van der Waals surface area (Å²) in [6, 6.07) is 6.41. The molecule has 22 heavy (non-hydrogen) atoms. The Morgan fingerprint density at radius 3 is 2.82 bits per heavy atom. The number of nitrogens with zero attached hydrogens (tertiary/aromatic N) is 1. The first-order chi connectivity index (χ1) is 10.6. The number of morpholine rings is 1. The number of nitrogens with one attached hydrogen (secondary N) is 2. The zero-order chi connectivity index (χ0) is 15.8. The number of amides is 2. The molecule has 2 amide bonds. The molecular weight excluding hydrogens is 286 g/mol. The number of hydrogen-bond acceptors (Lipinski definition) is 5. The molecule has 1 saturated heterocycles. The molecule has 0 unspecified atom stereocenters. The van der Waals surface area contributed by atoms with Gasteiger partial charge in [0.1, 0.15) is 5.75 Å². The van der Waals surface area contributed by atoms with E-state index in [1.807, 2.05) is 0 Å². The minimum absolute atomic E-state index is 0.284. The molecule has 1 aromatic carbocycles. The summed E-state index contributed by atoms with van der Waals surface area (Å²) in [4.78, 5) is 25.0. The number of esters is 1. The average molecular weight is 307 g/mol. The Kier molecular flexibility index (Phi) is 6.17. The lowest BCUT2D eigenvalue weighted by molar-refractivity contribution is -0.131. The van der Waals surface area contributed by atoms with Gasteiger partial charge in [0.2, 0.25) is 0 Å². The molecule has 0 aromatic heterocycles. The number of benzene rings is 1.